The highest BCUT2D eigenvalue weighted by Gasteiger charge is 2.43. The highest BCUT2D eigenvalue weighted by Crippen LogP contribution is 2.43. The first-order valence-corrected chi connectivity index (χ1v) is 7.67. The molecular weight excluding hydrogens is 226 g/mol. The fourth-order valence-corrected chi connectivity index (χ4v) is 3.85. The third-order valence-corrected chi connectivity index (χ3v) is 5.45. The summed E-state index contributed by atoms with van der Waals surface area (Å²) in [5.74, 6) is 2.27. The van der Waals surface area contributed by atoms with Crippen LogP contribution >= 0.6 is 0 Å². The quantitative estimate of drug-likeness (QED) is 0.839. The van der Waals surface area contributed by atoms with Crippen molar-refractivity contribution >= 4 is 0 Å². The smallest absolute Gasteiger partial charge is 0.0729 e. The van der Waals surface area contributed by atoms with E-state index in [2.05, 4.69) is 6.92 Å². The lowest BCUT2D eigenvalue weighted by Gasteiger charge is -2.45. The summed E-state index contributed by atoms with van der Waals surface area (Å²) in [6, 6.07) is 0.376. The minimum absolute atomic E-state index is 0.0993. The van der Waals surface area contributed by atoms with Crippen molar-refractivity contribution in [1.82, 2.24) is 0 Å². The van der Waals surface area contributed by atoms with E-state index >= 15 is 0 Å². The van der Waals surface area contributed by atoms with Crippen LogP contribution in [0, 0.1) is 17.8 Å². The van der Waals surface area contributed by atoms with Gasteiger partial charge in [0.25, 0.3) is 0 Å². The largest absolute Gasteiger partial charge is 0.381 e. The molecule has 2 heterocycles. The maximum atomic E-state index is 6.54. The minimum Gasteiger partial charge on any atom is -0.381 e. The molecule has 3 unspecified atom stereocenters. The summed E-state index contributed by atoms with van der Waals surface area (Å²) >= 11 is 0. The molecule has 1 saturated carbocycles. The van der Waals surface area contributed by atoms with Crippen LogP contribution in [-0.2, 0) is 9.47 Å². The zero-order chi connectivity index (χ0) is 12.6. The topological polar surface area (TPSA) is 44.5 Å². The predicted octanol–water partition coefficient (Wildman–Crippen LogP) is 2.34. The Bertz CT molecular complexity index is 279. The van der Waals surface area contributed by atoms with Gasteiger partial charge >= 0.3 is 0 Å². The van der Waals surface area contributed by atoms with Crippen molar-refractivity contribution in [3.05, 3.63) is 0 Å². The van der Waals surface area contributed by atoms with Crippen molar-refractivity contribution in [2.24, 2.45) is 23.5 Å². The van der Waals surface area contributed by atoms with E-state index in [-0.39, 0.29) is 5.60 Å². The summed E-state index contributed by atoms with van der Waals surface area (Å²) < 4.78 is 11.6. The fraction of sp³-hybridized carbons (Fsp3) is 1.00. The molecule has 3 fully saturated rings. The highest BCUT2D eigenvalue weighted by atomic mass is 16.5. The molecule has 0 amide bonds. The maximum Gasteiger partial charge on any atom is 0.0729 e. The molecule has 3 aliphatic rings. The second kappa shape index (κ2) is 5.10. The summed E-state index contributed by atoms with van der Waals surface area (Å²) in [5.41, 5.74) is 6.64. The molecular formula is C15H27NO2. The monoisotopic (exact) mass is 253 g/mol. The van der Waals surface area contributed by atoms with Crippen LogP contribution in [0.2, 0.25) is 0 Å². The molecule has 1 aliphatic carbocycles. The lowest BCUT2D eigenvalue weighted by Crippen LogP contribution is -2.49. The zero-order valence-electron chi connectivity index (χ0n) is 11.6. The lowest BCUT2D eigenvalue weighted by atomic mass is 9.74. The average molecular weight is 253 g/mol. The van der Waals surface area contributed by atoms with Gasteiger partial charge in [0, 0.05) is 25.9 Å². The van der Waals surface area contributed by atoms with Gasteiger partial charge in [-0.1, -0.05) is 6.92 Å². The van der Waals surface area contributed by atoms with Crippen LogP contribution in [0.5, 0.6) is 0 Å². The van der Waals surface area contributed by atoms with Crippen LogP contribution in [0.3, 0.4) is 0 Å². The van der Waals surface area contributed by atoms with Crippen molar-refractivity contribution in [3.63, 3.8) is 0 Å². The number of hydrogen-bond acceptors (Lipinski definition) is 3. The first-order valence-electron chi connectivity index (χ1n) is 7.67. The Hall–Kier alpha value is -0.120. The number of rotatable bonds is 3. The molecule has 2 saturated heterocycles. The fourth-order valence-electron chi connectivity index (χ4n) is 3.85. The average Bonchev–Trinajstić information content (AvgIpc) is 3.22. The van der Waals surface area contributed by atoms with E-state index in [0.717, 1.165) is 51.4 Å². The molecule has 0 bridgehead atoms. The molecule has 3 nitrogen and oxygen atoms in total. The van der Waals surface area contributed by atoms with Gasteiger partial charge in [0.1, 0.15) is 0 Å². The Balaban J connectivity index is 1.61. The second-order valence-electron chi connectivity index (χ2n) is 6.67. The van der Waals surface area contributed by atoms with E-state index in [4.69, 9.17) is 15.2 Å². The van der Waals surface area contributed by atoms with Crippen LogP contribution in [0.15, 0.2) is 0 Å². The van der Waals surface area contributed by atoms with Crippen LogP contribution in [-0.4, -0.2) is 31.5 Å². The molecule has 0 radical (unpaired) electrons. The van der Waals surface area contributed by atoms with Crippen molar-refractivity contribution in [1.29, 1.82) is 0 Å². The molecule has 3 heteroatoms. The standard InChI is InChI=1S/C15H27NO2/c1-11(12-2-3-12)14(16)13-4-7-18-15(10-13)5-8-17-9-6-15/h11-14H,2-10,16H2,1H3. The van der Waals surface area contributed by atoms with E-state index in [0.29, 0.717) is 17.9 Å². The molecule has 3 rings (SSSR count). The van der Waals surface area contributed by atoms with E-state index in [1.807, 2.05) is 0 Å². The summed E-state index contributed by atoms with van der Waals surface area (Å²) in [4.78, 5) is 0. The lowest BCUT2D eigenvalue weighted by molar-refractivity contribution is -0.150. The van der Waals surface area contributed by atoms with Crippen LogP contribution in [0.4, 0.5) is 0 Å². The first-order chi connectivity index (χ1) is 8.70. The molecule has 1 spiro atoms. The Morgan fingerprint density at radius 3 is 2.44 bits per heavy atom. The molecule has 104 valence electrons. The Morgan fingerprint density at radius 2 is 1.78 bits per heavy atom. The summed E-state index contributed by atoms with van der Waals surface area (Å²) in [7, 11) is 0. The van der Waals surface area contributed by atoms with Gasteiger partial charge in [-0.25, -0.2) is 0 Å². The SMILES string of the molecule is CC(C1CC1)C(N)C1CCOC2(CCOCC2)C1. The molecule has 0 aromatic carbocycles. The van der Waals surface area contributed by atoms with Gasteiger partial charge in [-0.05, 0) is 56.3 Å². The van der Waals surface area contributed by atoms with Crippen LogP contribution < -0.4 is 5.73 Å². The van der Waals surface area contributed by atoms with Crippen molar-refractivity contribution < 1.29 is 9.47 Å². The Labute approximate surface area is 110 Å². The van der Waals surface area contributed by atoms with Gasteiger partial charge in [0.2, 0.25) is 0 Å². The van der Waals surface area contributed by atoms with Gasteiger partial charge in [-0.15, -0.1) is 0 Å². The van der Waals surface area contributed by atoms with Crippen LogP contribution in [0.1, 0.15) is 45.4 Å². The van der Waals surface area contributed by atoms with E-state index in [1.54, 1.807) is 0 Å². The van der Waals surface area contributed by atoms with Gasteiger partial charge in [0.15, 0.2) is 0 Å². The number of hydrogen-bond donors (Lipinski definition) is 1. The van der Waals surface area contributed by atoms with Crippen LogP contribution in [0.25, 0.3) is 0 Å². The van der Waals surface area contributed by atoms with Gasteiger partial charge in [-0.2, -0.15) is 0 Å². The van der Waals surface area contributed by atoms with Crippen molar-refractivity contribution in [2.75, 3.05) is 19.8 Å². The molecule has 18 heavy (non-hydrogen) atoms. The summed E-state index contributed by atoms with van der Waals surface area (Å²) in [6.07, 6.45) is 7.24. The van der Waals surface area contributed by atoms with Crippen molar-refractivity contribution in [2.45, 2.75) is 57.1 Å². The predicted molar refractivity (Wildman–Crippen MR) is 71.3 cm³/mol. The van der Waals surface area contributed by atoms with Gasteiger partial charge < -0.3 is 15.2 Å². The molecule has 2 aliphatic heterocycles. The van der Waals surface area contributed by atoms with E-state index < -0.39 is 0 Å². The zero-order valence-corrected chi connectivity index (χ0v) is 11.6. The maximum absolute atomic E-state index is 6.54. The third kappa shape index (κ3) is 2.59. The number of nitrogens with two attached hydrogens (primary N) is 1. The summed E-state index contributed by atoms with van der Waals surface area (Å²) in [6.45, 7) is 4.98. The highest BCUT2D eigenvalue weighted by molar-refractivity contribution is 4.95. The molecule has 0 aromatic rings. The molecule has 2 N–H and O–H groups in total. The number of ether oxygens (including phenoxy) is 2. The van der Waals surface area contributed by atoms with Gasteiger partial charge in [0.05, 0.1) is 5.60 Å². The Morgan fingerprint density at radius 1 is 1.06 bits per heavy atom. The normalized spacial score (nSPS) is 35.3. The molecule has 3 atom stereocenters. The first kappa shape index (κ1) is 12.9. The summed E-state index contributed by atoms with van der Waals surface area (Å²) in [5, 5.41) is 0. The van der Waals surface area contributed by atoms with E-state index in [1.165, 1.54) is 12.8 Å². The Kier molecular flexibility index (Phi) is 3.65. The molecule has 0 aromatic heterocycles. The van der Waals surface area contributed by atoms with Crippen molar-refractivity contribution in [3.8, 4) is 0 Å². The minimum atomic E-state index is 0.0993. The second-order valence-corrected chi connectivity index (χ2v) is 6.67. The van der Waals surface area contributed by atoms with Gasteiger partial charge in [-0.3, -0.25) is 0 Å². The third-order valence-electron chi connectivity index (χ3n) is 5.45. The van der Waals surface area contributed by atoms with E-state index in [9.17, 15) is 0 Å².